The van der Waals surface area contributed by atoms with Crippen LogP contribution in [0, 0.1) is 15.1 Å². The van der Waals surface area contributed by atoms with E-state index >= 15 is 0 Å². The average molecular weight is 376 g/mol. The molecule has 98 valence electrons. The monoisotopic (exact) mass is 376 g/mol. The third kappa shape index (κ3) is 3.44. The second-order valence-corrected chi connectivity index (χ2v) is 5.12. The SMILES string of the molecule is N#COc1ccc(Cc2c(I)cccc2N=C=O)cc1. The summed E-state index contributed by atoms with van der Waals surface area (Å²) in [6, 6.07) is 12.8. The molecule has 0 radical (unpaired) electrons. The van der Waals surface area contributed by atoms with Gasteiger partial charge in [-0.2, -0.15) is 4.99 Å². The zero-order valence-corrected chi connectivity index (χ0v) is 12.5. The normalized spacial score (nSPS) is 9.40. The van der Waals surface area contributed by atoms with Crippen LogP contribution in [-0.4, -0.2) is 6.08 Å². The fourth-order valence-corrected chi connectivity index (χ4v) is 2.48. The summed E-state index contributed by atoms with van der Waals surface area (Å²) in [5, 5.41) is 8.43. The van der Waals surface area contributed by atoms with Gasteiger partial charge in [-0.05, 0) is 58.0 Å². The minimum atomic E-state index is 0.505. The Labute approximate surface area is 129 Å². The van der Waals surface area contributed by atoms with Gasteiger partial charge in [-0.25, -0.2) is 4.79 Å². The van der Waals surface area contributed by atoms with Gasteiger partial charge in [0.1, 0.15) is 5.75 Å². The van der Waals surface area contributed by atoms with E-state index in [2.05, 4.69) is 27.6 Å². The first kappa shape index (κ1) is 14.3. The number of rotatable bonds is 4. The number of hydrogen-bond acceptors (Lipinski definition) is 4. The lowest BCUT2D eigenvalue weighted by Gasteiger charge is -2.08. The van der Waals surface area contributed by atoms with E-state index in [-0.39, 0.29) is 0 Å². The van der Waals surface area contributed by atoms with E-state index in [0.29, 0.717) is 17.9 Å². The molecule has 0 heterocycles. The molecule has 0 aliphatic carbocycles. The van der Waals surface area contributed by atoms with Crippen LogP contribution in [-0.2, 0) is 11.2 Å². The van der Waals surface area contributed by atoms with Gasteiger partial charge in [0.05, 0.1) is 5.69 Å². The van der Waals surface area contributed by atoms with Crippen LogP contribution in [0.4, 0.5) is 5.69 Å². The molecule has 2 rings (SSSR count). The zero-order chi connectivity index (χ0) is 14.4. The molecule has 2 aromatic carbocycles. The van der Waals surface area contributed by atoms with E-state index in [4.69, 9.17) is 10.00 Å². The van der Waals surface area contributed by atoms with Crippen molar-refractivity contribution in [2.75, 3.05) is 0 Å². The highest BCUT2D eigenvalue weighted by Crippen LogP contribution is 2.27. The number of halogens is 1. The Morgan fingerprint density at radius 1 is 1.20 bits per heavy atom. The van der Waals surface area contributed by atoms with Crippen LogP contribution in [0.2, 0.25) is 0 Å². The molecule has 0 spiro atoms. The van der Waals surface area contributed by atoms with Crippen LogP contribution in [0.1, 0.15) is 11.1 Å². The summed E-state index contributed by atoms with van der Waals surface area (Å²) in [5.74, 6) is 0.505. The van der Waals surface area contributed by atoms with Crippen molar-refractivity contribution in [2.45, 2.75) is 6.42 Å². The maximum absolute atomic E-state index is 10.5. The first-order valence-corrected chi connectivity index (χ1v) is 6.82. The Balaban J connectivity index is 2.30. The summed E-state index contributed by atoms with van der Waals surface area (Å²) in [6.45, 7) is 0. The Morgan fingerprint density at radius 2 is 1.95 bits per heavy atom. The summed E-state index contributed by atoms with van der Waals surface area (Å²) in [5.41, 5.74) is 2.65. The van der Waals surface area contributed by atoms with Gasteiger partial charge in [0.15, 0.2) is 0 Å². The van der Waals surface area contributed by atoms with Crippen molar-refractivity contribution in [1.82, 2.24) is 0 Å². The number of benzene rings is 2. The van der Waals surface area contributed by atoms with Gasteiger partial charge < -0.3 is 4.74 Å². The van der Waals surface area contributed by atoms with Crippen molar-refractivity contribution in [3.8, 4) is 12.0 Å². The molecule has 0 fully saturated rings. The van der Waals surface area contributed by atoms with Crippen LogP contribution in [0.25, 0.3) is 0 Å². The second-order valence-electron chi connectivity index (χ2n) is 3.95. The van der Waals surface area contributed by atoms with Crippen molar-refractivity contribution < 1.29 is 9.53 Å². The van der Waals surface area contributed by atoms with E-state index in [1.807, 2.05) is 24.3 Å². The molecular formula is C15H9IN2O2. The zero-order valence-electron chi connectivity index (χ0n) is 10.3. The highest BCUT2D eigenvalue weighted by molar-refractivity contribution is 14.1. The van der Waals surface area contributed by atoms with E-state index in [9.17, 15) is 4.79 Å². The van der Waals surface area contributed by atoms with Gasteiger partial charge in [-0.15, -0.1) is 5.26 Å². The molecule has 2 aromatic rings. The van der Waals surface area contributed by atoms with Crippen molar-refractivity contribution >= 4 is 34.4 Å². The highest BCUT2D eigenvalue weighted by Gasteiger charge is 2.07. The standard InChI is InChI=1S/C15H9IN2O2/c16-14-2-1-3-15(18-10-19)13(14)8-11-4-6-12(7-5-11)20-9-17/h1-7H,8H2. The first-order chi connectivity index (χ1) is 9.74. The number of nitriles is 1. The molecule has 0 aliphatic heterocycles. The number of nitrogens with zero attached hydrogens (tertiary/aromatic N) is 2. The molecule has 0 aliphatic rings. The molecule has 0 atom stereocenters. The van der Waals surface area contributed by atoms with Crippen molar-refractivity contribution in [1.29, 1.82) is 5.26 Å². The summed E-state index contributed by atoms with van der Waals surface area (Å²) in [4.78, 5) is 14.2. The second kappa shape index (κ2) is 6.85. The van der Waals surface area contributed by atoms with Gasteiger partial charge in [0.25, 0.3) is 6.26 Å². The number of aliphatic imine (C=N–C) groups is 1. The number of isocyanates is 1. The topological polar surface area (TPSA) is 62.4 Å². The molecule has 0 amide bonds. The lowest BCUT2D eigenvalue weighted by Crippen LogP contribution is -1.93. The Hall–Kier alpha value is -2.16. The minimum absolute atomic E-state index is 0.505. The van der Waals surface area contributed by atoms with Gasteiger partial charge >= 0.3 is 0 Å². The molecule has 4 nitrogen and oxygen atoms in total. The lowest BCUT2D eigenvalue weighted by molar-refractivity contribution is 0.507. The van der Waals surface area contributed by atoms with Crippen LogP contribution in [0.3, 0.4) is 0 Å². The van der Waals surface area contributed by atoms with E-state index < -0.39 is 0 Å². The average Bonchev–Trinajstić information content (AvgIpc) is 2.45. The summed E-state index contributed by atoms with van der Waals surface area (Å²) in [7, 11) is 0. The molecule has 0 N–H and O–H groups in total. The van der Waals surface area contributed by atoms with Crippen molar-refractivity contribution in [2.24, 2.45) is 4.99 Å². The molecule has 0 aromatic heterocycles. The summed E-state index contributed by atoms with van der Waals surface area (Å²) >= 11 is 2.21. The Kier molecular flexibility index (Phi) is 4.88. The predicted molar refractivity (Wildman–Crippen MR) is 82.4 cm³/mol. The van der Waals surface area contributed by atoms with Crippen LogP contribution >= 0.6 is 22.6 Å². The highest BCUT2D eigenvalue weighted by atomic mass is 127. The van der Waals surface area contributed by atoms with Crippen LogP contribution in [0.5, 0.6) is 5.75 Å². The maximum Gasteiger partial charge on any atom is 0.292 e. The number of ether oxygens (including phenoxy) is 1. The predicted octanol–water partition coefficient (Wildman–Crippen LogP) is 3.71. The number of carbonyl (C=O) groups excluding carboxylic acids is 1. The maximum atomic E-state index is 10.5. The van der Waals surface area contributed by atoms with Crippen molar-refractivity contribution in [3.63, 3.8) is 0 Å². The largest absolute Gasteiger partial charge is 0.388 e. The molecule has 20 heavy (non-hydrogen) atoms. The van der Waals surface area contributed by atoms with Crippen LogP contribution < -0.4 is 4.74 Å². The molecular weight excluding hydrogens is 367 g/mol. The third-order valence-corrected chi connectivity index (χ3v) is 3.74. The molecule has 0 saturated heterocycles. The Morgan fingerprint density at radius 3 is 2.60 bits per heavy atom. The van der Waals surface area contributed by atoms with Crippen LogP contribution in [0.15, 0.2) is 47.5 Å². The fraction of sp³-hybridized carbons (Fsp3) is 0.0667. The van der Waals surface area contributed by atoms with Gasteiger partial charge in [0, 0.05) is 9.99 Å². The molecule has 5 heteroatoms. The van der Waals surface area contributed by atoms with Gasteiger partial charge in [0.2, 0.25) is 6.08 Å². The first-order valence-electron chi connectivity index (χ1n) is 5.74. The van der Waals surface area contributed by atoms with Gasteiger partial charge in [-0.3, -0.25) is 0 Å². The molecule has 0 unspecified atom stereocenters. The van der Waals surface area contributed by atoms with E-state index in [0.717, 1.165) is 14.7 Å². The van der Waals surface area contributed by atoms with E-state index in [1.54, 1.807) is 30.5 Å². The smallest absolute Gasteiger partial charge is 0.292 e. The van der Waals surface area contributed by atoms with E-state index in [1.165, 1.54) is 0 Å². The van der Waals surface area contributed by atoms with Gasteiger partial charge in [-0.1, -0.05) is 18.2 Å². The summed E-state index contributed by atoms with van der Waals surface area (Å²) in [6.07, 6.45) is 3.85. The van der Waals surface area contributed by atoms with Crippen molar-refractivity contribution in [3.05, 3.63) is 57.2 Å². The minimum Gasteiger partial charge on any atom is -0.388 e. The fourth-order valence-electron chi connectivity index (χ4n) is 1.81. The molecule has 0 bridgehead atoms. The number of hydrogen-bond donors (Lipinski definition) is 0. The molecule has 0 saturated carbocycles. The lowest BCUT2D eigenvalue weighted by atomic mass is 10.0. The quantitative estimate of drug-likeness (QED) is 0.354. The summed E-state index contributed by atoms with van der Waals surface area (Å²) < 4.78 is 5.77. The third-order valence-electron chi connectivity index (χ3n) is 2.73. The Bertz CT molecular complexity index is 699.